The molecule has 28 heavy (non-hydrogen) atoms. The lowest BCUT2D eigenvalue weighted by atomic mass is 10.3. The van der Waals surface area contributed by atoms with Crippen LogP contribution >= 0.6 is 27.7 Å². The van der Waals surface area contributed by atoms with Crippen LogP contribution in [0.1, 0.15) is 11.7 Å². The van der Waals surface area contributed by atoms with E-state index in [1.54, 1.807) is 0 Å². The van der Waals surface area contributed by atoms with Gasteiger partial charge in [-0.1, -0.05) is 45.9 Å². The number of benzene rings is 2. The number of carbonyl (C=O) groups excluding carboxylic acids is 1. The van der Waals surface area contributed by atoms with Crippen LogP contribution < -0.4 is 5.32 Å². The Labute approximate surface area is 173 Å². The van der Waals surface area contributed by atoms with Gasteiger partial charge in [-0.15, -0.1) is 10.2 Å². The number of hydrogen-bond donors (Lipinski definition) is 2. The molecule has 4 rings (SSSR count). The molecule has 0 aliphatic heterocycles. The minimum atomic E-state index is -0.134. The van der Waals surface area contributed by atoms with Crippen LogP contribution in [0.25, 0.3) is 11.0 Å². The number of imidazole rings is 1. The lowest BCUT2D eigenvalue weighted by Crippen LogP contribution is -2.13. The molecule has 0 radical (unpaired) electrons. The Balaban J connectivity index is 1.27. The molecule has 142 valence electrons. The predicted molar refractivity (Wildman–Crippen MR) is 111 cm³/mol. The first-order chi connectivity index (χ1) is 13.7. The van der Waals surface area contributed by atoms with Gasteiger partial charge in [0.05, 0.1) is 16.8 Å². The van der Waals surface area contributed by atoms with Crippen molar-refractivity contribution in [3.05, 3.63) is 64.7 Å². The minimum absolute atomic E-state index is 0.134. The molecule has 0 unspecified atom stereocenters. The number of amides is 1. The maximum Gasteiger partial charge on any atom is 0.277 e. The molecule has 0 spiro atoms. The van der Waals surface area contributed by atoms with E-state index in [9.17, 15) is 4.79 Å². The van der Waals surface area contributed by atoms with Crippen molar-refractivity contribution in [1.29, 1.82) is 0 Å². The number of carbonyl (C=O) groups is 1. The molecule has 7 nitrogen and oxygen atoms in total. The van der Waals surface area contributed by atoms with Gasteiger partial charge in [0.1, 0.15) is 5.82 Å². The van der Waals surface area contributed by atoms with E-state index in [-0.39, 0.29) is 11.7 Å². The molecule has 9 heteroatoms. The molecular formula is C19H16BrN5O2S. The molecule has 0 fully saturated rings. The Kier molecular flexibility index (Phi) is 5.73. The van der Waals surface area contributed by atoms with Gasteiger partial charge in [-0.3, -0.25) is 4.79 Å². The molecular weight excluding hydrogens is 442 g/mol. The van der Waals surface area contributed by atoms with Gasteiger partial charge < -0.3 is 14.7 Å². The van der Waals surface area contributed by atoms with Gasteiger partial charge in [0, 0.05) is 23.0 Å². The lowest BCUT2D eigenvalue weighted by molar-refractivity contribution is -0.113. The Morgan fingerprint density at radius 1 is 1.14 bits per heavy atom. The maximum atomic E-state index is 12.1. The zero-order chi connectivity index (χ0) is 19.3. The summed E-state index contributed by atoms with van der Waals surface area (Å²) in [5, 5.41) is 11.2. The third-order valence-electron chi connectivity index (χ3n) is 3.90. The van der Waals surface area contributed by atoms with E-state index >= 15 is 0 Å². The normalized spacial score (nSPS) is 11.0. The van der Waals surface area contributed by atoms with Crippen LogP contribution in [0, 0.1) is 0 Å². The Morgan fingerprint density at radius 3 is 2.89 bits per heavy atom. The van der Waals surface area contributed by atoms with Gasteiger partial charge in [-0.05, 0) is 30.3 Å². The molecule has 0 atom stereocenters. The largest absolute Gasteiger partial charge is 0.416 e. The summed E-state index contributed by atoms with van der Waals surface area (Å²) in [6.07, 6.45) is 1.25. The van der Waals surface area contributed by atoms with E-state index in [0.717, 1.165) is 27.0 Å². The first-order valence-corrected chi connectivity index (χ1v) is 10.4. The van der Waals surface area contributed by atoms with Crippen molar-refractivity contribution in [3.63, 3.8) is 0 Å². The van der Waals surface area contributed by atoms with Gasteiger partial charge in [0.2, 0.25) is 11.8 Å². The number of hydrogen-bond acceptors (Lipinski definition) is 6. The van der Waals surface area contributed by atoms with Crippen molar-refractivity contribution in [2.24, 2.45) is 0 Å². The third-order valence-corrected chi connectivity index (χ3v) is 5.21. The first-order valence-electron chi connectivity index (χ1n) is 8.60. The standard InChI is InChI=1S/C19H16BrN5O2S/c20-12-4-3-5-13(10-12)21-17(26)11-28-19-25-24-18(27-19)9-8-16-22-14-6-1-2-7-15(14)23-16/h1-7,10H,8-9,11H2,(H,21,26)(H,22,23). The maximum absolute atomic E-state index is 12.1. The molecule has 2 heterocycles. The fourth-order valence-electron chi connectivity index (χ4n) is 2.64. The molecule has 2 N–H and O–H groups in total. The van der Waals surface area contributed by atoms with Gasteiger partial charge in [-0.2, -0.15) is 0 Å². The molecule has 0 saturated heterocycles. The van der Waals surface area contributed by atoms with E-state index in [0.29, 0.717) is 24.0 Å². The highest BCUT2D eigenvalue weighted by molar-refractivity contribution is 9.10. The molecule has 0 aliphatic carbocycles. The zero-order valence-corrected chi connectivity index (χ0v) is 17.1. The van der Waals surface area contributed by atoms with Crippen LogP contribution in [-0.4, -0.2) is 31.8 Å². The lowest BCUT2D eigenvalue weighted by Gasteiger charge is -2.04. The summed E-state index contributed by atoms with van der Waals surface area (Å²) in [5.74, 6) is 1.46. The van der Waals surface area contributed by atoms with Crippen LogP contribution in [-0.2, 0) is 17.6 Å². The highest BCUT2D eigenvalue weighted by Gasteiger charge is 2.11. The summed E-state index contributed by atoms with van der Waals surface area (Å²) in [7, 11) is 0. The highest BCUT2D eigenvalue weighted by atomic mass is 79.9. The number of rotatable bonds is 7. The predicted octanol–water partition coefficient (Wildman–Crippen LogP) is 4.22. The van der Waals surface area contributed by atoms with E-state index in [4.69, 9.17) is 4.42 Å². The van der Waals surface area contributed by atoms with Crippen molar-refractivity contribution >= 4 is 50.3 Å². The van der Waals surface area contributed by atoms with Crippen LogP contribution in [0.4, 0.5) is 5.69 Å². The second-order valence-electron chi connectivity index (χ2n) is 6.01. The molecule has 0 aliphatic rings. The number of aromatic amines is 1. The van der Waals surface area contributed by atoms with Crippen LogP contribution in [0.3, 0.4) is 0 Å². The van der Waals surface area contributed by atoms with Crippen molar-refractivity contribution < 1.29 is 9.21 Å². The summed E-state index contributed by atoms with van der Waals surface area (Å²) in [6, 6.07) is 15.3. The van der Waals surface area contributed by atoms with Crippen molar-refractivity contribution in [2.75, 3.05) is 11.1 Å². The minimum Gasteiger partial charge on any atom is -0.416 e. The van der Waals surface area contributed by atoms with Gasteiger partial charge >= 0.3 is 0 Å². The summed E-state index contributed by atoms with van der Waals surface area (Å²) in [4.78, 5) is 19.9. The Bertz CT molecular complexity index is 1080. The average Bonchev–Trinajstić information content (AvgIpc) is 3.31. The van der Waals surface area contributed by atoms with Crippen molar-refractivity contribution in [1.82, 2.24) is 20.2 Å². The molecule has 1 amide bonds. The summed E-state index contributed by atoms with van der Waals surface area (Å²) in [6.45, 7) is 0. The second kappa shape index (κ2) is 8.57. The first kappa shape index (κ1) is 18.7. The number of H-pyrrole nitrogens is 1. The van der Waals surface area contributed by atoms with E-state index in [1.165, 1.54) is 11.8 Å². The number of para-hydroxylation sites is 2. The van der Waals surface area contributed by atoms with Crippen LogP contribution in [0.2, 0.25) is 0 Å². The summed E-state index contributed by atoms with van der Waals surface area (Å²) >= 11 is 4.59. The smallest absolute Gasteiger partial charge is 0.277 e. The molecule has 4 aromatic rings. The van der Waals surface area contributed by atoms with Gasteiger partial charge in [-0.25, -0.2) is 4.98 Å². The van der Waals surface area contributed by atoms with Crippen molar-refractivity contribution in [3.8, 4) is 0 Å². The quantitative estimate of drug-likeness (QED) is 0.403. The van der Waals surface area contributed by atoms with E-state index in [2.05, 4.69) is 41.4 Å². The number of nitrogens with one attached hydrogen (secondary N) is 2. The summed E-state index contributed by atoms with van der Waals surface area (Å²) < 4.78 is 6.52. The van der Waals surface area contributed by atoms with Crippen molar-refractivity contribution in [2.45, 2.75) is 18.1 Å². The number of fused-ring (bicyclic) bond motifs is 1. The Morgan fingerprint density at radius 2 is 2.04 bits per heavy atom. The molecule has 2 aromatic carbocycles. The molecule has 0 saturated carbocycles. The third kappa shape index (κ3) is 4.79. The number of halogens is 1. The number of aromatic nitrogens is 4. The molecule has 2 aromatic heterocycles. The number of aryl methyl sites for hydroxylation is 2. The highest BCUT2D eigenvalue weighted by Crippen LogP contribution is 2.19. The summed E-state index contributed by atoms with van der Waals surface area (Å²) in [5.41, 5.74) is 2.68. The zero-order valence-electron chi connectivity index (χ0n) is 14.7. The number of anilines is 1. The van der Waals surface area contributed by atoms with Crippen LogP contribution in [0.15, 0.2) is 62.6 Å². The number of nitrogens with zero attached hydrogens (tertiary/aromatic N) is 3. The fourth-order valence-corrected chi connectivity index (χ4v) is 3.62. The number of thioether (sulfide) groups is 1. The monoisotopic (exact) mass is 457 g/mol. The topological polar surface area (TPSA) is 96.7 Å². The Hall–Kier alpha value is -2.65. The van der Waals surface area contributed by atoms with E-state index in [1.807, 2.05) is 48.5 Å². The fraction of sp³-hybridized carbons (Fsp3) is 0.158. The second-order valence-corrected chi connectivity index (χ2v) is 7.85. The van der Waals surface area contributed by atoms with Gasteiger partial charge in [0.15, 0.2) is 0 Å². The average molecular weight is 458 g/mol. The van der Waals surface area contributed by atoms with Crippen LogP contribution in [0.5, 0.6) is 0 Å². The van der Waals surface area contributed by atoms with Gasteiger partial charge in [0.25, 0.3) is 5.22 Å². The van der Waals surface area contributed by atoms with E-state index < -0.39 is 0 Å². The molecule has 0 bridgehead atoms. The SMILES string of the molecule is O=C(CSc1nnc(CCc2nc3ccccc3[nH]2)o1)Nc1cccc(Br)c1.